The van der Waals surface area contributed by atoms with Gasteiger partial charge in [0.15, 0.2) is 5.78 Å². The van der Waals surface area contributed by atoms with E-state index in [1.807, 2.05) is 38.1 Å². The highest BCUT2D eigenvalue weighted by molar-refractivity contribution is 6.28. The van der Waals surface area contributed by atoms with E-state index in [2.05, 4.69) is 16.0 Å². The number of carbonyl (C=O) groups excluding carboxylic acids is 4. The van der Waals surface area contributed by atoms with E-state index in [9.17, 15) is 24.0 Å². The van der Waals surface area contributed by atoms with E-state index in [1.54, 1.807) is 36.4 Å². The third-order valence-corrected chi connectivity index (χ3v) is 6.19. The molecule has 0 aliphatic rings. The largest absolute Gasteiger partial charge is 0.481 e. The molecule has 0 bridgehead atoms. The van der Waals surface area contributed by atoms with Gasteiger partial charge in [-0.3, -0.25) is 19.2 Å². The van der Waals surface area contributed by atoms with Crippen molar-refractivity contribution in [3.05, 3.63) is 71.8 Å². The van der Waals surface area contributed by atoms with Crippen molar-refractivity contribution in [3.8, 4) is 0 Å². The van der Waals surface area contributed by atoms with E-state index < -0.39 is 53.7 Å². The quantitative estimate of drug-likeness (QED) is 0.225. The number of nitrogens with one attached hydrogen (secondary N) is 3. The number of carbonyl (C=O) groups is 5. The van der Waals surface area contributed by atoms with Crippen LogP contribution >= 0.6 is 11.6 Å². The zero-order chi connectivity index (χ0) is 29.5. The Balaban J connectivity index is 2.17. The van der Waals surface area contributed by atoms with Crippen LogP contribution in [0.5, 0.6) is 0 Å². The van der Waals surface area contributed by atoms with E-state index >= 15 is 0 Å². The first-order chi connectivity index (χ1) is 19.1. The Morgan fingerprint density at radius 2 is 1.35 bits per heavy atom. The predicted octanol–water partition coefficient (Wildman–Crippen LogP) is 3.21. The van der Waals surface area contributed by atoms with Crippen molar-refractivity contribution in [2.45, 2.75) is 64.3 Å². The lowest BCUT2D eigenvalue weighted by Crippen LogP contribution is -2.56. The lowest BCUT2D eigenvalue weighted by atomic mass is 10.00. The molecule has 216 valence electrons. The normalized spacial score (nSPS) is 13.0. The molecule has 0 saturated heterocycles. The van der Waals surface area contributed by atoms with Crippen LogP contribution in [0.1, 0.15) is 44.2 Å². The van der Waals surface area contributed by atoms with Crippen molar-refractivity contribution in [1.29, 1.82) is 0 Å². The van der Waals surface area contributed by atoms with Crippen LogP contribution < -0.4 is 16.0 Å². The third kappa shape index (κ3) is 11.9. The Morgan fingerprint density at radius 3 is 1.90 bits per heavy atom. The smallest absolute Gasteiger partial charge is 0.408 e. The minimum Gasteiger partial charge on any atom is -0.481 e. The van der Waals surface area contributed by atoms with Crippen LogP contribution in [0.2, 0.25) is 0 Å². The number of carboxylic acid groups (broad SMARTS) is 1. The van der Waals surface area contributed by atoms with E-state index in [1.165, 1.54) is 0 Å². The second-order valence-corrected chi connectivity index (χ2v) is 10.00. The standard InChI is InChI=1S/C29H36ClN3O7/c1-19(2)15-23(27(37)31-22(25(34)17-30)13-14-26(35)36)32-28(38)24(16-20-9-5-3-6-10-20)33-29(39)40-18-21-11-7-4-8-12-21/h3-12,19,22-24H,13-18H2,1-2H3,(H,31,37)(H,32,38)(H,33,39)(H,35,36)/t22-,23-,24-/m0/s1. The van der Waals surface area contributed by atoms with Gasteiger partial charge in [0.05, 0.1) is 11.9 Å². The van der Waals surface area contributed by atoms with Crippen LogP contribution in [-0.2, 0) is 36.9 Å². The fourth-order valence-corrected chi connectivity index (χ4v) is 4.07. The molecule has 0 saturated carbocycles. The first-order valence-corrected chi connectivity index (χ1v) is 13.5. The van der Waals surface area contributed by atoms with Crippen molar-refractivity contribution in [2.75, 3.05) is 5.88 Å². The molecule has 10 nitrogen and oxygen atoms in total. The number of alkyl carbamates (subject to hydrolysis) is 1. The molecule has 0 aliphatic heterocycles. The fraction of sp³-hybridized carbons (Fsp3) is 0.414. The summed E-state index contributed by atoms with van der Waals surface area (Å²) in [6, 6.07) is 14.9. The summed E-state index contributed by atoms with van der Waals surface area (Å²) in [6.45, 7) is 3.73. The highest BCUT2D eigenvalue weighted by Crippen LogP contribution is 2.10. The van der Waals surface area contributed by atoms with Crippen LogP contribution in [0, 0.1) is 5.92 Å². The van der Waals surface area contributed by atoms with Crippen molar-refractivity contribution >= 4 is 41.3 Å². The molecule has 11 heteroatoms. The number of benzene rings is 2. The summed E-state index contributed by atoms with van der Waals surface area (Å²) in [5.41, 5.74) is 1.55. The highest BCUT2D eigenvalue weighted by Gasteiger charge is 2.30. The maximum Gasteiger partial charge on any atom is 0.408 e. The molecule has 40 heavy (non-hydrogen) atoms. The molecule has 2 aromatic rings. The molecule has 0 fully saturated rings. The summed E-state index contributed by atoms with van der Waals surface area (Å²) in [5, 5.41) is 16.8. The molecule has 3 atom stereocenters. The Labute approximate surface area is 238 Å². The average molecular weight is 574 g/mol. The molecular formula is C29H36ClN3O7. The van der Waals surface area contributed by atoms with E-state index in [0.29, 0.717) is 0 Å². The monoisotopic (exact) mass is 573 g/mol. The lowest BCUT2D eigenvalue weighted by Gasteiger charge is -2.26. The van der Waals surface area contributed by atoms with Crippen LogP contribution in [-0.4, -0.2) is 58.8 Å². The summed E-state index contributed by atoms with van der Waals surface area (Å²) in [4.78, 5) is 62.4. The van der Waals surface area contributed by atoms with Gasteiger partial charge >= 0.3 is 12.1 Å². The number of Topliss-reactive ketones (excluding diaryl/α,β-unsaturated/α-hetero) is 1. The van der Waals surface area contributed by atoms with Gasteiger partial charge < -0.3 is 25.8 Å². The summed E-state index contributed by atoms with van der Waals surface area (Å²) in [5.74, 6) is -3.35. The van der Waals surface area contributed by atoms with Gasteiger partial charge in [-0.05, 0) is 29.9 Å². The van der Waals surface area contributed by atoms with E-state index in [-0.39, 0.29) is 38.2 Å². The SMILES string of the molecule is CC(C)C[C@H](NC(=O)[C@H](Cc1ccccc1)NC(=O)OCc1ccccc1)C(=O)N[C@@H](CCC(=O)O)C(=O)CCl. The molecule has 0 radical (unpaired) electrons. The van der Waals surface area contributed by atoms with Crippen LogP contribution in [0.15, 0.2) is 60.7 Å². The molecule has 3 amide bonds. The van der Waals surface area contributed by atoms with Crippen LogP contribution in [0.3, 0.4) is 0 Å². The summed E-state index contributed by atoms with van der Waals surface area (Å²) >= 11 is 5.66. The molecular weight excluding hydrogens is 538 g/mol. The maximum absolute atomic E-state index is 13.4. The number of hydrogen-bond donors (Lipinski definition) is 4. The molecule has 0 aromatic heterocycles. The second kappa shape index (κ2) is 16.9. The van der Waals surface area contributed by atoms with Crippen molar-refractivity contribution < 1.29 is 33.8 Å². The number of rotatable bonds is 16. The molecule has 0 spiro atoms. The minimum atomic E-state index is -1.12. The van der Waals surface area contributed by atoms with Crippen molar-refractivity contribution in [2.24, 2.45) is 5.92 Å². The Kier molecular flexibility index (Phi) is 13.7. The second-order valence-electron chi connectivity index (χ2n) is 9.73. The molecule has 0 heterocycles. The number of alkyl halides is 1. The van der Waals surface area contributed by atoms with Gasteiger partial charge in [-0.1, -0.05) is 74.5 Å². The zero-order valence-electron chi connectivity index (χ0n) is 22.6. The number of ether oxygens (including phenoxy) is 1. The number of carboxylic acids is 1. The third-order valence-electron chi connectivity index (χ3n) is 5.93. The number of amides is 3. The summed E-state index contributed by atoms with van der Waals surface area (Å²) in [6.07, 6.45) is -0.918. The molecule has 4 N–H and O–H groups in total. The topological polar surface area (TPSA) is 151 Å². The first-order valence-electron chi connectivity index (χ1n) is 13.0. The Hall–Kier alpha value is -3.92. The van der Waals surface area contributed by atoms with E-state index in [0.717, 1.165) is 11.1 Å². The molecule has 2 rings (SSSR count). The Bertz CT molecular complexity index is 1130. The predicted molar refractivity (Wildman–Crippen MR) is 150 cm³/mol. The van der Waals surface area contributed by atoms with Gasteiger partial charge in [0.25, 0.3) is 0 Å². The van der Waals surface area contributed by atoms with Gasteiger partial charge in [-0.2, -0.15) is 0 Å². The van der Waals surface area contributed by atoms with Crippen molar-refractivity contribution in [3.63, 3.8) is 0 Å². The van der Waals surface area contributed by atoms with Crippen LogP contribution in [0.4, 0.5) is 4.79 Å². The maximum atomic E-state index is 13.4. The van der Waals surface area contributed by atoms with Gasteiger partial charge in [0.1, 0.15) is 18.7 Å². The number of hydrogen-bond acceptors (Lipinski definition) is 6. The van der Waals surface area contributed by atoms with Gasteiger partial charge in [0.2, 0.25) is 11.8 Å². The number of halogens is 1. The zero-order valence-corrected chi connectivity index (χ0v) is 23.4. The molecule has 0 unspecified atom stereocenters. The average Bonchev–Trinajstić information content (AvgIpc) is 2.93. The van der Waals surface area contributed by atoms with E-state index in [4.69, 9.17) is 21.4 Å². The number of ketones is 1. The highest BCUT2D eigenvalue weighted by atomic mass is 35.5. The lowest BCUT2D eigenvalue weighted by molar-refractivity contribution is -0.137. The molecule has 2 aromatic carbocycles. The fourth-order valence-electron chi connectivity index (χ4n) is 3.89. The Morgan fingerprint density at radius 1 is 0.800 bits per heavy atom. The summed E-state index contributed by atoms with van der Waals surface area (Å²) in [7, 11) is 0. The minimum absolute atomic E-state index is 0.0110. The van der Waals surface area contributed by atoms with Crippen LogP contribution in [0.25, 0.3) is 0 Å². The van der Waals surface area contributed by atoms with Gasteiger partial charge in [0, 0.05) is 12.8 Å². The summed E-state index contributed by atoms with van der Waals surface area (Å²) < 4.78 is 5.29. The first kappa shape index (κ1) is 32.3. The molecule has 0 aliphatic carbocycles. The number of aliphatic carboxylic acids is 1. The van der Waals surface area contributed by atoms with Gasteiger partial charge in [-0.15, -0.1) is 11.6 Å². The van der Waals surface area contributed by atoms with Gasteiger partial charge in [-0.25, -0.2) is 4.79 Å². The van der Waals surface area contributed by atoms with Crippen molar-refractivity contribution in [1.82, 2.24) is 16.0 Å².